The molecule has 3 aliphatic rings. The summed E-state index contributed by atoms with van der Waals surface area (Å²) in [5, 5.41) is 0. The SMILES string of the molecule is CC(C)(C)OC(=O)N1CCC(c2cc(F)c3c(c2)N(C(=O)OC(C)(C)C)c2nccc(N4CCOCC4)c2CO3)CC1. The number of ether oxygens (including phenoxy) is 4. The lowest BCUT2D eigenvalue weighted by molar-refractivity contribution is 0.0204. The van der Waals surface area contributed by atoms with Crippen LogP contribution in [0.2, 0.25) is 0 Å². The normalized spacial score (nSPS) is 18.0. The number of fused-ring (bicyclic) bond motifs is 2. The van der Waals surface area contributed by atoms with Crippen molar-refractivity contribution in [1.29, 1.82) is 0 Å². The molecule has 0 unspecified atom stereocenters. The van der Waals surface area contributed by atoms with Gasteiger partial charge in [-0.05, 0) is 84.1 Å². The van der Waals surface area contributed by atoms with Crippen molar-refractivity contribution in [3.8, 4) is 5.75 Å². The Kier molecular flexibility index (Phi) is 8.24. The Bertz CT molecular complexity index is 1320. The van der Waals surface area contributed by atoms with Crippen molar-refractivity contribution in [3.05, 3.63) is 41.3 Å². The van der Waals surface area contributed by atoms with Crippen LogP contribution in [0, 0.1) is 5.82 Å². The first kappa shape index (κ1) is 29.9. The molecule has 0 bridgehead atoms. The molecule has 1 aromatic carbocycles. The monoisotopic (exact) mass is 584 g/mol. The number of pyridine rings is 1. The fraction of sp³-hybridized carbons (Fsp3) is 0.581. The van der Waals surface area contributed by atoms with Gasteiger partial charge in [0.15, 0.2) is 17.4 Å². The zero-order valence-corrected chi connectivity index (χ0v) is 25.4. The molecule has 5 rings (SSSR count). The molecule has 0 atom stereocenters. The van der Waals surface area contributed by atoms with Crippen LogP contribution in [0.3, 0.4) is 0 Å². The third-order valence-corrected chi connectivity index (χ3v) is 7.41. The summed E-state index contributed by atoms with van der Waals surface area (Å²) in [5.41, 5.74) is 1.13. The van der Waals surface area contributed by atoms with Crippen molar-refractivity contribution in [3.63, 3.8) is 0 Å². The molecule has 0 radical (unpaired) electrons. The number of rotatable bonds is 2. The molecule has 1 aromatic heterocycles. The summed E-state index contributed by atoms with van der Waals surface area (Å²) in [7, 11) is 0. The maximum atomic E-state index is 15.9. The van der Waals surface area contributed by atoms with Crippen LogP contribution < -0.4 is 14.5 Å². The van der Waals surface area contributed by atoms with Crippen molar-refractivity contribution >= 4 is 29.4 Å². The smallest absolute Gasteiger partial charge is 0.420 e. The highest BCUT2D eigenvalue weighted by atomic mass is 19.1. The highest BCUT2D eigenvalue weighted by Crippen LogP contribution is 2.45. The first-order chi connectivity index (χ1) is 19.8. The van der Waals surface area contributed by atoms with Crippen molar-refractivity contribution < 1.29 is 32.9 Å². The number of carbonyl (C=O) groups is 2. The summed E-state index contributed by atoms with van der Waals surface area (Å²) < 4.78 is 38.8. The summed E-state index contributed by atoms with van der Waals surface area (Å²) >= 11 is 0. The summed E-state index contributed by atoms with van der Waals surface area (Å²) in [6, 6.07) is 5.16. The lowest BCUT2D eigenvalue weighted by Crippen LogP contribution is -2.41. The van der Waals surface area contributed by atoms with Crippen molar-refractivity contribution in [1.82, 2.24) is 9.88 Å². The lowest BCUT2D eigenvalue weighted by Gasteiger charge is -2.34. The Balaban J connectivity index is 1.50. The largest absolute Gasteiger partial charge is 0.483 e. The predicted molar refractivity (Wildman–Crippen MR) is 156 cm³/mol. The van der Waals surface area contributed by atoms with Crippen LogP contribution in [0.1, 0.15) is 71.4 Å². The Morgan fingerprint density at radius 2 is 1.57 bits per heavy atom. The molecule has 11 heteroatoms. The molecule has 42 heavy (non-hydrogen) atoms. The van der Waals surface area contributed by atoms with E-state index >= 15 is 4.39 Å². The molecule has 0 N–H and O–H groups in total. The average Bonchev–Trinajstić information content (AvgIpc) is 3.09. The van der Waals surface area contributed by atoms with E-state index in [-0.39, 0.29) is 30.1 Å². The van der Waals surface area contributed by atoms with Crippen LogP contribution >= 0.6 is 0 Å². The van der Waals surface area contributed by atoms with Crippen LogP contribution in [0.15, 0.2) is 24.4 Å². The molecular formula is C31H41FN4O6. The number of carbonyl (C=O) groups excluding carboxylic acids is 2. The molecule has 2 fully saturated rings. The van der Waals surface area contributed by atoms with Gasteiger partial charge >= 0.3 is 12.2 Å². The van der Waals surface area contributed by atoms with E-state index in [1.807, 2.05) is 26.8 Å². The summed E-state index contributed by atoms with van der Waals surface area (Å²) in [6.07, 6.45) is 1.89. The molecule has 10 nitrogen and oxygen atoms in total. The minimum atomic E-state index is -0.795. The van der Waals surface area contributed by atoms with Gasteiger partial charge in [-0.1, -0.05) is 0 Å². The molecule has 2 amide bonds. The van der Waals surface area contributed by atoms with Gasteiger partial charge in [-0.3, -0.25) is 0 Å². The van der Waals surface area contributed by atoms with Gasteiger partial charge in [0.1, 0.15) is 17.8 Å². The van der Waals surface area contributed by atoms with E-state index in [2.05, 4.69) is 9.88 Å². The zero-order valence-electron chi connectivity index (χ0n) is 25.4. The zero-order chi connectivity index (χ0) is 30.2. The number of aromatic nitrogens is 1. The number of halogens is 1. The van der Waals surface area contributed by atoms with E-state index in [0.717, 1.165) is 11.3 Å². The van der Waals surface area contributed by atoms with Gasteiger partial charge in [-0.2, -0.15) is 0 Å². The molecule has 2 saturated heterocycles. The van der Waals surface area contributed by atoms with Crippen molar-refractivity contribution in [2.75, 3.05) is 49.2 Å². The maximum Gasteiger partial charge on any atom is 0.420 e. The second-order valence-corrected chi connectivity index (χ2v) is 12.9. The van der Waals surface area contributed by atoms with Crippen LogP contribution in [0.5, 0.6) is 5.75 Å². The number of nitrogens with zero attached hydrogens (tertiary/aromatic N) is 4. The van der Waals surface area contributed by atoms with Gasteiger partial charge < -0.3 is 28.7 Å². The summed E-state index contributed by atoms with van der Waals surface area (Å²) in [6.45, 7) is 14.4. The minimum absolute atomic E-state index is 0.0262. The Morgan fingerprint density at radius 3 is 2.21 bits per heavy atom. The fourth-order valence-electron chi connectivity index (χ4n) is 5.52. The number of anilines is 3. The number of likely N-dealkylation sites (tertiary alicyclic amines) is 1. The van der Waals surface area contributed by atoms with Crippen LogP contribution in [-0.4, -0.2) is 72.7 Å². The van der Waals surface area contributed by atoms with Crippen LogP contribution in [-0.2, 0) is 20.8 Å². The summed E-state index contributed by atoms with van der Waals surface area (Å²) in [5.74, 6) is -0.268. The highest BCUT2D eigenvalue weighted by molar-refractivity contribution is 5.99. The molecular weight excluding hydrogens is 543 g/mol. The number of piperidine rings is 1. The van der Waals surface area contributed by atoms with Gasteiger partial charge in [0.2, 0.25) is 0 Å². The molecule has 3 aliphatic heterocycles. The van der Waals surface area contributed by atoms with Crippen molar-refractivity contribution in [2.45, 2.75) is 78.1 Å². The van der Waals surface area contributed by atoms with Gasteiger partial charge in [-0.15, -0.1) is 0 Å². The standard InChI is InChI=1S/C31H41FN4O6/c1-30(2,3)41-28(37)35-11-8-20(9-12-35)21-17-23(32)26-25(18-21)36(29(38)42-31(4,5)6)27-22(19-40-26)24(7-10-33-27)34-13-15-39-16-14-34/h7,10,17-18,20H,8-9,11-16,19H2,1-6H3. The number of amides is 2. The topological polar surface area (TPSA) is 93.7 Å². The van der Waals surface area contributed by atoms with E-state index in [9.17, 15) is 9.59 Å². The molecule has 4 heterocycles. The Labute approximate surface area is 246 Å². The predicted octanol–water partition coefficient (Wildman–Crippen LogP) is 6.14. The Morgan fingerprint density at radius 1 is 0.929 bits per heavy atom. The van der Waals surface area contributed by atoms with Crippen molar-refractivity contribution in [2.24, 2.45) is 0 Å². The lowest BCUT2D eigenvalue weighted by atomic mass is 9.89. The third kappa shape index (κ3) is 6.56. The second-order valence-electron chi connectivity index (χ2n) is 12.9. The summed E-state index contributed by atoms with van der Waals surface area (Å²) in [4.78, 5) is 36.2. The number of morpholine rings is 1. The highest BCUT2D eigenvalue weighted by Gasteiger charge is 2.36. The van der Waals surface area contributed by atoms with Gasteiger partial charge in [0.05, 0.1) is 24.5 Å². The fourth-order valence-corrected chi connectivity index (χ4v) is 5.52. The van der Waals surface area contributed by atoms with Gasteiger partial charge in [-0.25, -0.2) is 23.9 Å². The van der Waals surface area contributed by atoms with Gasteiger partial charge in [0.25, 0.3) is 0 Å². The van der Waals surface area contributed by atoms with E-state index < -0.39 is 23.1 Å². The van der Waals surface area contributed by atoms with E-state index in [4.69, 9.17) is 18.9 Å². The molecule has 0 spiro atoms. The Hall–Kier alpha value is -3.60. The van der Waals surface area contributed by atoms with E-state index in [1.54, 1.807) is 37.9 Å². The first-order valence-electron chi connectivity index (χ1n) is 14.6. The molecule has 0 saturated carbocycles. The second kappa shape index (κ2) is 11.6. The van der Waals surface area contributed by atoms with E-state index in [0.29, 0.717) is 63.6 Å². The van der Waals surface area contributed by atoms with Crippen LogP contribution in [0.4, 0.5) is 31.2 Å². The molecule has 228 valence electrons. The first-order valence-corrected chi connectivity index (χ1v) is 14.6. The minimum Gasteiger partial charge on any atom is -0.483 e. The molecule has 0 aliphatic carbocycles. The third-order valence-electron chi connectivity index (χ3n) is 7.41. The number of benzene rings is 1. The van der Waals surface area contributed by atoms with Gasteiger partial charge in [0, 0.05) is 38.1 Å². The quantitative estimate of drug-likeness (QED) is 0.416. The average molecular weight is 585 g/mol. The van der Waals surface area contributed by atoms with E-state index in [1.165, 1.54) is 11.0 Å². The maximum absolute atomic E-state index is 15.9. The molecule has 2 aromatic rings. The van der Waals surface area contributed by atoms with Crippen LogP contribution in [0.25, 0.3) is 0 Å². The number of hydrogen-bond donors (Lipinski definition) is 0. The number of hydrogen-bond acceptors (Lipinski definition) is 8.